The van der Waals surface area contributed by atoms with Gasteiger partial charge in [0.2, 0.25) is 0 Å². The lowest BCUT2D eigenvalue weighted by atomic mass is 9.80. The fourth-order valence-corrected chi connectivity index (χ4v) is 8.05. The summed E-state index contributed by atoms with van der Waals surface area (Å²) < 4.78 is 0. The number of benzene rings is 8. The minimum Gasteiger partial charge on any atom is -0.0911 e. The van der Waals surface area contributed by atoms with Crippen LogP contribution >= 0.6 is 0 Å². The van der Waals surface area contributed by atoms with E-state index in [0.29, 0.717) is 0 Å². The van der Waals surface area contributed by atoms with Gasteiger partial charge in [0.15, 0.2) is 0 Å². The van der Waals surface area contributed by atoms with Gasteiger partial charge in [-0.05, 0) is 117 Å². The number of allylic oxidation sites excluding steroid dienone is 4. The lowest BCUT2D eigenvalue weighted by Gasteiger charge is -2.23. The maximum absolute atomic E-state index is 4.58. The first-order valence-corrected chi connectivity index (χ1v) is 17.1. The van der Waals surface area contributed by atoms with Gasteiger partial charge in [-0.2, -0.15) is 0 Å². The van der Waals surface area contributed by atoms with E-state index < -0.39 is 0 Å². The van der Waals surface area contributed by atoms with E-state index >= 15 is 0 Å². The highest BCUT2D eigenvalue weighted by Gasteiger charge is 2.37. The molecule has 0 fully saturated rings. The Morgan fingerprint density at radius 3 is 1.90 bits per heavy atom. The van der Waals surface area contributed by atoms with Crippen LogP contribution in [0.4, 0.5) is 0 Å². The van der Waals surface area contributed by atoms with Crippen LogP contribution in [0.1, 0.15) is 30.5 Å². The summed E-state index contributed by atoms with van der Waals surface area (Å²) in [4.78, 5) is 0. The summed E-state index contributed by atoms with van der Waals surface area (Å²) in [6, 6.07) is 55.4. The molecule has 0 radical (unpaired) electrons. The third-order valence-electron chi connectivity index (χ3n) is 10.7. The molecule has 0 nitrogen and oxygen atoms in total. The smallest absolute Gasteiger partial charge is 0.0159 e. The average Bonchev–Trinajstić information content (AvgIpc) is 3.33. The third-order valence-corrected chi connectivity index (χ3v) is 10.7. The van der Waals surface area contributed by atoms with Crippen LogP contribution in [0.15, 0.2) is 176 Å². The summed E-state index contributed by atoms with van der Waals surface area (Å²) >= 11 is 0. The van der Waals surface area contributed by atoms with E-state index in [1.807, 2.05) is 0 Å². The van der Waals surface area contributed by atoms with Crippen molar-refractivity contribution < 1.29 is 0 Å². The van der Waals surface area contributed by atoms with Crippen LogP contribution in [0.2, 0.25) is 0 Å². The first-order valence-electron chi connectivity index (χ1n) is 17.1. The van der Waals surface area contributed by atoms with Gasteiger partial charge in [-0.15, -0.1) is 0 Å². The SMILES string of the molecule is C=C(C=C1C(=C)c2ccc(-c3ccc4ccccc4c3)cc2C1(C)C)c1ccc(-c2cc3ccc4ccccc4c3c3ccccc23)cc1. The van der Waals surface area contributed by atoms with Crippen molar-refractivity contribution in [1.82, 2.24) is 0 Å². The molecule has 1 aliphatic rings. The van der Waals surface area contributed by atoms with Crippen LogP contribution in [0.5, 0.6) is 0 Å². The lowest BCUT2D eigenvalue weighted by Crippen LogP contribution is -2.15. The Morgan fingerprint density at radius 2 is 1.10 bits per heavy atom. The molecule has 0 amide bonds. The number of hydrogen-bond acceptors (Lipinski definition) is 0. The fraction of sp³-hybridized carbons (Fsp3) is 0.0612. The summed E-state index contributed by atoms with van der Waals surface area (Å²) in [6.45, 7) is 13.7. The second kappa shape index (κ2) is 11.0. The monoisotopic (exact) mass is 624 g/mol. The molecular formula is C49H36. The summed E-state index contributed by atoms with van der Waals surface area (Å²) in [5.74, 6) is 0. The van der Waals surface area contributed by atoms with Crippen LogP contribution < -0.4 is 0 Å². The van der Waals surface area contributed by atoms with Gasteiger partial charge < -0.3 is 0 Å². The summed E-state index contributed by atoms with van der Waals surface area (Å²) in [6.07, 6.45) is 2.25. The van der Waals surface area contributed by atoms with Crippen LogP contribution in [-0.4, -0.2) is 0 Å². The van der Waals surface area contributed by atoms with Gasteiger partial charge in [0, 0.05) is 5.41 Å². The maximum atomic E-state index is 4.58. The Balaban J connectivity index is 1.05. The van der Waals surface area contributed by atoms with E-state index in [1.54, 1.807) is 0 Å². The Morgan fingerprint density at radius 1 is 0.510 bits per heavy atom. The van der Waals surface area contributed by atoms with Crippen molar-refractivity contribution in [1.29, 1.82) is 0 Å². The van der Waals surface area contributed by atoms with Gasteiger partial charge in [0.25, 0.3) is 0 Å². The fourth-order valence-electron chi connectivity index (χ4n) is 8.05. The molecule has 8 aromatic carbocycles. The van der Waals surface area contributed by atoms with E-state index in [1.165, 1.54) is 82.0 Å². The summed E-state index contributed by atoms with van der Waals surface area (Å²) in [7, 11) is 0. The molecule has 0 aromatic heterocycles. The lowest BCUT2D eigenvalue weighted by molar-refractivity contribution is 0.661. The molecule has 0 heterocycles. The highest BCUT2D eigenvalue weighted by molar-refractivity contribution is 6.23. The summed E-state index contributed by atoms with van der Waals surface area (Å²) in [5.41, 5.74) is 11.7. The van der Waals surface area contributed by atoms with Gasteiger partial charge >= 0.3 is 0 Å². The zero-order valence-corrected chi connectivity index (χ0v) is 27.9. The highest BCUT2D eigenvalue weighted by atomic mass is 14.4. The second-order valence-corrected chi connectivity index (χ2v) is 13.9. The zero-order valence-electron chi connectivity index (χ0n) is 27.9. The Bertz CT molecular complexity index is 2700. The van der Waals surface area contributed by atoms with Crippen molar-refractivity contribution in [2.45, 2.75) is 19.3 Å². The Hall–Kier alpha value is -5.98. The van der Waals surface area contributed by atoms with Gasteiger partial charge in [0.05, 0.1) is 0 Å². The molecule has 0 saturated carbocycles. The van der Waals surface area contributed by atoms with Gasteiger partial charge in [-0.25, -0.2) is 0 Å². The topological polar surface area (TPSA) is 0 Å². The Kier molecular flexibility index (Phi) is 6.58. The minimum atomic E-state index is -0.198. The van der Waals surface area contributed by atoms with E-state index in [-0.39, 0.29) is 5.41 Å². The van der Waals surface area contributed by atoms with Crippen LogP contribution in [0.25, 0.3) is 76.5 Å². The molecule has 0 N–H and O–H groups in total. The molecule has 1 aliphatic carbocycles. The molecule has 0 bridgehead atoms. The summed E-state index contributed by atoms with van der Waals surface area (Å²) in [5, 5.41) is 10.2. The minimum absolute atomic E-state index is 0.198. The van der Waals surface area contributed by atoms with Crippen LogP contribution in [-0.2, 0) is 5.41 Å². The molecule has 0 unspecified atom stereocenters. The quantitative estimate of drug-likeness (QED) is 0.171. The van der Waals surface area contributed by atoms with Crippen molar-refractivity contribution in [2.24, 2.45) is 0 Å². The van der Waals surface area contributed by atoms with Crippen molar-refractivity contribution >= 4 is 54.2 Å². The molecule has 9 rings (SSSR count). The van der Waals surface area contributed by atoms with Crippen LogP contribution in [0, 0.1) is 0 Å². The van der Waals surface area contributed by atoms with Crippen molar-refractivity contribution in [2.75, 3.05) is 0 Å². The third kappa shape index (κ3) is 4.67. The van der Waals surface area contributed by atoms with Crippen molar-refractivity contribution in [3.05, 3.63) is 193 Å². The first-order chi connectivity index (χ1) is 23.9. The largest absolute Gasteiger partial charge is 0.0911 e. The predicted molar refractivity (Wildman–Crippen MR) is 213 cm³/mol. The van der Waals surface area contributed by atoms with Gasteiger partial charge in [-0.3, -0.25) is 0 Å². The molecule has 8 aromatic rings. The molecule has 0 heteroatoms. The van der Waals surface area contributed by atoms with E-state index in [9.17, 15) is 0 Å². The maximum Gasteiger partial charge on any atom is 0.0159 e. The zero-order chi connectivity index (χ0) is 33.3. The molecule has 0 atom stereocenters. The molecule has 232 valence electrons. The predicted octanol–water partition coefficient (Wildman–Crippen LogP) is 13.6. The van der Waals surface area contributed by atoms with Crippen molar-refractivity contribution in [3.63, 3.8) is 0 Å². The number of fused-ring (bicyclic) bond motifs is 7. The van der Waals surface area contributed by atoms with Gasteiger partial charge in [-0.1, -0.05) is 167 Å². The number of hydrogen-bond donors (Lipinski definition) is 0. The number of rotatable bonds is 4. The van der Waals surface area contributed by atoms with Crippen molar-refractivity contribution in [3.8, 4) is 22.3 Å². The highest BCUT2D eigenvalue weighted by Crippen LogP contribution is 2.50. The molecule has 49 heavy (non-hydrogen) atoms. The second-order valence-electron chi connectivity index (χ2n) is 13.9. The first kappa shape index (κ1) is 29.2. The van der Waals surface area contributed by atoms with Crippen LogP contribution in [0.3, 0.4) is 0 Å². The molecular weight excluding hydrogens is 589 g/mol. The molecule has 0 aliphatic heterocycles. The average molecular weight is 625 g/mol. The van der Waals surface area contributed by atoms with E-state index in [2.05, 4.69) is 185 Å². The molecule has 0 spiro atoms. The van der Waals surface area contributed by atoms with E-state index in [0.717, 1.165) is 16.7 Å². The standard InChI is InChI=1S/C49H36/c1-31(27-46-32(2)41-26-25-39(30-47(41)49(46,3)4)38-23-19-34-11-5-6-13-37(34)28-38)33-17-20-36(21-18-33)45-29-40-24-22-35-12-7-8-14-42(35)48(40)44-16-10-9-15-43(44)45/h5-30H,1-2H2,3-4H3. The molecule has 0 saturated heterocycles. The Labute approximate surface area is 288 Å². The van der Waals surface area contributed by atoms with E-state index in [4.69, 9.17) is 0 Å². The normalized spacial score (nSPS) is 14.7. The van der Waals surface area contributed by atoms with Gasteiger partial charge in [0.1, 0.15) is 0 Å².